The highest BCUT2D eigenvalue weighted by Gasteiger charge is 2.29. The number of carbonyl (C=O) groups excluding carboxylic acids is 2. The number of nitrogens with one attached hydrogen (secondary N) is 1. The largest absolute Gasteiger partial charge is 0.493 e. The maximum Gasteiger partial charge on any atom is 0.261 e. The van der Waals surface area contributed by atoms with Gasteiger partial charge < -0.3 is 19.7 Å². The van der Waals surface area contributed by atoms with E-state index in [1.54, 1.807) is 36.4 Å². The Kier molecular flexibility index (Phi) is 9.31. The van der Waals surface area contributed by atoms with Crippen LogP contribution in [0.2, 0.25) is 0 Å². The molecule has 0 fully saturated rings. The van der Waals surface area contributed by atoms with E-state index in [-0.39, 0.29) is 36.8 Å². The monoisotopic (exact) mass is 430 g/mol. The maximum atomic E-state index is 13.3. The summed E-state index contributed by atoms with van der Waals surface area (Å²) in [6.45, 7) is 5.67. The average Bonchev–Trinajstić information content (AvgIpc) is 2.78. The lowest BCUT2D eigenvalue weighted by atomic mass is 10.1. The quantitative estimate of drug-likeness (QED) is 0.586. The molecule has 0 aromatic heterocycles. The fraction of sp³-hybridized carbons (Fsp3) is 0.417. The summed E-state index contributed by atoms with van der Waals surface area (Å²) in [6.07, 6.45) is 1.22. The minimum atomic E-state index is -0.673. The van der Waals surface area contributed by atoms with Gasteiger partial charge in [-0.3, -0.25) is 9.59 Å². The Balaban J connectivity index is 2.23. The Morgan fingerprint density at radius 1 is 1.03 bits per heavy atom. The van der Waals surface area contributed by atoms with E-state index in [9.17, 15) is 14.0 Å². The van der Waals surface area contributed by atoms with Crippen molar-refractivity contribution in [3.63, 3.8) is 0 Å². The highest BCUT2D eigenvalue weighted by atomic mass is 19.1. The fourth-order valence-electron chi connectivity index (χ4n) is 3.11. The van der Waals surface area contributed by atoms with Gasteiger partial charge in [0.05, 0.1) is 7.11 Å². The molecular formula is C24H31FN2O4. The van der Waals surface area contributed by atoms with E-state index < -0.39 is 6.04 Å². The van der Waals surface area contributed by atoms with Crippen LogP contribution in [0.3, 0.4) is 0 Å². The minimum absolute atomic E-state index is 0.00541. The van der Waals surface area contributed by atoms with Crippen LogP contribution >= 0.6 is 0 Å². The van der Waals surface area contributed by atoms with Gasteiger partial charge in [0.15, 0.2) is 18.1 Å². The summed E-state index contributed by atoms with van der Waals surface area (Å²) in [6, 6.07) is 12.3. The third-order valence-electron chi connectivity index (χ3n) is 5.07. The Morgan fingerprint density at radius 2 is 1.68 bits per heavy atom. The van der Waals surface area contributed by atoms with E-state index in [1.165, 1.54) is 24.1 Å². The standard InChI is InChI=1S/C24H31FN2O4/c1-5-17(3)26-24(29)20(6-2)27(15-18-11-13-19(25)14-12-18)23(28)16-31-22-10-8-7-9-21(22)30-4/h7-14,17,20H,5-6,15-16H2,1-4H3,(H,26,29)/t17-,20-/m1/s1. The lowest BCUT2D eigenvalue weighted by molar-refractivity contribution is -0.143. The molecule has 6 nitrogen and oxygen atoms in total. The Hall–Kier alpha value is -3.09. The van der Waals surface area contributed by atoms with Crippen molar-refractivity contribution in [2.45, 2.75) is 52.2 Å². The normalized spacial score (nSPS) is 12.5. The zero-order valence-electron chi connectivity index (χ0n) is 18.6. The number of methoxy groups -OCH3 is 1. The number of amides is 2. The molecule has 0 aliphatic carbocycles. The van der Waals surface area contributed by atoms with E-state index in [1.807, 2.05) is 20.8 Å². The van der Waals surface area contributed by atoms with Crippen LogP contribution in [0.4, 0.5) is 4.39 Å². The SMILES string of the molecule is CC[C@@H](C)NC(=O)[C@@H](CC)N(Cc1ccc(F)cc1)C(=O)COc1ccccc1OC. The number of nitrogens with zero attached hydrogens (tertiary/aromatic N) is 1. The van der Waals surface area contributed by atoms with Crippen LogP contribution in [0.15, 0.2) is 48.5 Å². The van der Waals surface area contributed by atoms with Crippen molar-refractivity contribution in [2.75, 3.05) is 13.7 Å². The molecule has 2 atom stereocenters. The zero-order valence-corrected chi connectivity index (χ0v) is 18.6. The van der Waals surface area contributed by atoms with Crippen molar-refractivity contribution in [2.24, 2.45) is 0 Å². The molecule has 0 bridgehead atoms. The van der Waals surface area contributed by atoms with Gasteiger partial charge in [-0.05, 0) is 49.6 Å². The topological polar surface area (TPSA) is 67.9 Å². The molecule has 0 saturated heterocycles. The van der Waals surface area contributed by atoms with Gasteiger partial charge in [-0.2, -0.15) is 0 Å². The smallest absolute Gasteiger partial charge is 0.261 e. The highest BCUT2D eigenvalue weighted by Crippen LogP contribution is 2.26. The molecule has 168 valence electrons. The van der Waals surface area contributed by atoms with Gasteiger partial charge in [0.25, 0.3) is 5.91 Å². The number of carbonyl (C=O) groups is 2. The first-order valence-corrected chi connectivity index (χ1v) is 10.5. The van der Waals surface area contributed by atoms with Gasteiger partial charge >= 0.3 is 0 Å². The van der Waals surface area contributed by atoms with Gasteiger partial charge in [-0.25, -0.2) is 4.39 Å². The van der Waals surface area contributed by atoms with Crippen LogP contribution in [0, 0.1) is 5.82 Å². The molecule has 2 rings (SSSR count). The Labute approximate surface area is 183 Å². The highest BCUT2D eigenvalue weighted by molar-refractivity contribution is 5.88. The number of rotatable bonds is 11. The number of hydrogen-bond acceptors (Lipinski definition) is 4. The fourth-order valence-corrected chi connectivity index (χ4v) is 3.11. The first kappa shape index (κ1) is 24.2. The number of hydrogen-bond donors (Lipinski definition) is 1. The molecule has 2 aromatic carbocycles. The predicted octanol–water partition coefficient (Wildman–Crippen LogP) is 3.94. The van der Waals surface area contributed by atoms with E-state index in [4.69, 9.17) is 9.47 Å². The molecule has 0 saturated carbocycles. The van der Waals surface area contributed by atoms with Crippen LogP contribution in [0.1, 0.15) is 39.2 Å². The second kappa shape index (κ2) is 11.9. The van der Waals surface area contributed by atoms with Crippen LogP contribution in [0.25, 0.3) is 0 Å². The molecule has 0 spiro atoms. The summed E-state index contributed by atoms with van der Waals surface area (Å²) in [5.74, 6) is 0.0350. The number of benzene rings is 2. The molecule has 2 amide bonds. The summed E-state index contributed by atoms with van der Waals surface area (Å²) < 4.78 is 24.3. The van der Waals surface area contributed by atoms with Gasteiger partial charge in [0.2, 0.25) is 5.91 Å². The second-order valence-corrected chi connectivity index (χ2v) is 7.33. The molecule has 7 heteroatoms. The van der Waals surface area contributed by atoms with E-state index in [0.717, 1.165) is 12.0 Å². The van der Waals surface area contributed by atoms with Gasteiger partial charge in [0, 0.05) is 12.6 Å². The van der Waals surface area contributed by atoms with E-state index in [0.29, 0.717) is 17.9 Å². The van der Waals surface area contributed by atoms with Crippen molar-refractivity contribution in [1.82, 2.24) is 10.2 Å². The molecular weight excluding hydrogens is 399 g/mol. The molecule has 0 radical (unpaired) electrons. The third-order valence-corrected chi connectivity index (χ3v) is 5.07. The predicted molar refractivity (Wildman–Crippen MR) is 117 cm³/mol. The molecule has 0 aliphatic rings. The van der Waals surface area contributed by atoms with Crippen molar-refractivity contribution in [1.29, 1.82) is 0 Å². The summed E-state index contributed by atoms with van der Waals surface area (Å²) in [4.78, 5) is 27.5. The number of para-hydroxylation sites is 2. The third kappa shape index (κ3) is 6.98. The van der Waals surface area contributed by atoms with Gasteiger partial charge in [-0.15, -0.1) is 0 Å². The first-order valence-electron chi connectivity index (χ1n) is 10.5. The van der Waals surface area contributed by atoms with E-state index in [2.05, 4.69) is 5.32 Å². The van der Waals surface area contributed by atoms with Crippen LogP contribution < -0.4 is 14.8 Å². The lowest BCUT2D eigenvalue weighted by Gasteiger charge is -2.31. The summed E-state index contributed by atoms with van der Waals surface area (Å²) >= 11 is 0. The summed E-state index contributed by atoms with van der Waals surface area (Å²) in [5.41, 5.74) is 0.724. The molecule has 0 aliphatic heterocycles. The molecule has 0 unspecified atom stereocenters. The first-order chi connectivity index (χ1) is 14.9. The number of ether oxygens (including phenoxy) is 2. The maximum absolute atomic E-state index is 13.3. The molecule has 1 N–H and O–H groups in total. The molecule has 0 heterocycles. The summed E-state index contributed by atoms with van der Waals surface area (Å²) in [7, 11) is 1.53. The van der Waals surface area contributed by atoms with Crippen LogP contribution in [-0.4, -0.2) is 42.5 Å². The van der Waals surface area contributed by atoms with Crippen LogP contribution in [-0.2, 0) is 16.1 Å². The Bertz CT molecular complexity index is 857. The zero-order chi connectivity index (χ0) is 22.8. The van der Waals surface area contributed by atoms with Gasteiger partial charge in [0.1, 0.15) is 11.9 Å². The van der Waals surface area contributed by atoms with Gasteiger partial charge in [-0.1, -0.05) is 38.1 Å². The van der Waals surface area contributed by atoms with Crippen molar-refractivity contribution < 1.29 is 23.5 Å². The van der Waals surface area contributed by atoms with Crippen molar-refractivity contribution in [3.05, 3.63) is 59.9 Å². The summed E-state index contributed by atoms with van der Waals surface area (Å²) in [5, 5.41) is 2.95. The second-order valence-electron chi connectivity index (χ2n) is 7.33. The number of halogens is 1. The Morgan fingerprint density at radius 3 is 2.26 bits per heavy atom. The van der Waals surface area contributed by atoms with E-state index >= 15 is 0 Å². The minimum Gasteiger partial charge on any atom is -0.493 e. The molecule has 2 aromatic rings. The van der Waals surface area contributed by atoms with Crippen molar-refractivity contribution in [3.8, 4) is 11.5 Å². The lowest BCUT2D eigenvalue weighted by Crippen LogP contribution is -2.51. The average molecular weight is 431 g/mol. The molecule has 31 heavy (non-hydrogen) atoms. The van der Waals surface area contributed by atoms with Crippen molar-refractivity contribution >= 4 is 11.8 Å². The van der Waals surface area contributed by atoms with Crippen LogP contribution in [0.5, 0.6) is 11.5 Å².